The second-order valence-corrected chi connectivity index (χ2v) is 7.56. The molecule has 1 saturated heterocycles. The van der Waals surface area contributed by atoms with E-state index in [4.69, 9.17) is 14.2 Å². The van der Waals surface area contributed by atoms with Gasteiger partial charge in [-0.05, 0) is 6.42 Å². The first-order valence-corrected chi connectivity index (χ1v) is 8.99. The molecule has 0 aromatic heterocycles. The largest absolute Gasteiger partial charge is 0.496 e. The van der Waals surface area contributed by atoms with Gasteiger partial charge in [0.25, 0.3) is 0 Å². The topological polar surface area (TPSA) is 90.9 Å². The predicted octanol–water partition coefficient (Wildman–Crippen LogP) is 0.763. The Morgan fingerprint density at radius 1 is 1.17 bits per heavy atom. The van der Waals surface area contributed by atoms with Crippen LogP contribution in [0.1, 0.15) is 12.0 Å². The van der Waals surface area contributed by atoms with Gasteiger partial charge in [0.05, 0.1) is 50.9 Å². The molecule has 1 aromatic rings. The Morgan fingerprint density at radius 3 is 2.22 bits per heavy atom. The van der Waals surface area contributed by atoms with E-state index >= 15 is 0 Å². The summed E-state index contributed by atoms with van der Waals surface area (Å²) in [6.07, 6.45) is 0.366. The van der Waals surface area contributed by atoms with E-state index in [1.54, 1.807) is 12.1 Å². The maximum Gasteiger partial charge on any atom is 0.224 e. The summed E-state index contributed by atoms with van der Waals surface area (Å²) in [5.41, 5.74) is 0.671. The number of benzene rings is 1. The van der Waals surface area contributed by atoms with E-state index in [0.717, 1.165) is 0 Å². The third-order valence-corrected chi connectivity index (χ3v) is 5.63. The maximum atomic E-state index is 12.1. The smallest absolute Gasteiger partial charge is 0.224 e. The number of hydrogen-bond donors (Lipinski definition) is 1. The van der Waals surface area contributed by atoms with E-state index in [-0.39, 0.29) is 24.0 Å². The van der Waals surface area contributed by atoms with E-state index < -0.39 is 15.8 Å². The van der Waals surface area contributed by atoms with Gasteiger partial charge in [0.15, 0.2) is 9.84 Å². The zero-order valence-corrected chi connectivity index (χ0v) is 14.2. The van der Waals surface area contributed by atoms with Crippen molar-refractivity contribution >= 4 is 15.7 Å². The van der Waals surface area contributed by atoms with Crippen molar-refractivity contribution in [2.45, 2.75) is 13.0 Å². The van der Waals surface area contributed by atoms with Crippen LogP contribution in [0, 0.1) is 5.92 Å². The Hall–Kier alpha value is -1.96. The predicted molar refractivity (Wildman–Crippen MR) is 84.7 cm³/mol. The van der Waals surface area contributed by atoms with Crippen LogP contribution in [0.3, 0.4) is 0 Å². The molecule has 0 spiro atoms. The third kappa shape index (κ3) is 4.07. The number of carbonyl (C=O) groups excluding carboxylic acids is 1. The minimum absolute atomic E-state index is 0.0697. The highest BCUT2D eigenvalue weighted by Crippen LogP contribution is 2.34. The summed E-state index contributed by atoms with van der Waals surface area (Å²) in [5.74, 6) is 0.855. The molecule has 1 aliphatic rings. The molecule has 1 amide bonds. The summed E-state index contributed by atoms with van der Waals surface area (Å²) in [6, 6.07) is 3.40. The average molecular weight is 343 g/mol. The van der Waals surface area contributed by atoms with Crippen LogP contribution in [0.15, 0.2) is 12.1 Å². The summed E-state index contributed by atoms with van der Waals surface area (Å²) in [6.45, 7) is 0.186. The molecule has 2 rings (SSSR count). The quantitative estimate of drug-likeness (QED) is 0.820. The number of rotatable bonds is 6. The minimum atomic E-state index is -3.08. The summed E-state index contributed by atoms with van der Waals surface area (Å²) in [5, 5.41) is 2.76. The SMILES string of the molecule is COc1cc(OC)c(CNC(=O)[C@H]2CCS(=O)(=O)C2)c(OC)c1. The van der Waals surface area contributed by atoms with Gasteiger partial charge in [0.2, 0.25) is 5.91 Å². The molecular formula is C15H21NO6S. The van der Waals surface area contributed by atoms with Crippen LogP contribution in [0.5, 0.6) is 17.2 Å². The fourth-order valence-electron chi connectivity index (χ4n) is 2.57. The van der Waals surface area contributed by atoms with Crippen molar-refractivity contribution in [1.82, 2.24) is 5.32 Å². The molecule has 0 saturated carbocycles. The number of sulfone groups is 1. The van der Waals surface area contributed by atoms with E-state index in [1.165, 1.54) is 21.3 Å². The average Bonchev–Trinajstić information content (AvgIpc) is 2.91. The molecule has 0 bridgehead atoms. The fourth-order valence-corrected chi connectivity index (χ4v) is 4.32. The zero-order valence-electron chi connectivity index (χ0n) is 13.4. The molecule has 8 heteroatoms. The highest BCUT2D eigenvalue weighted by molar-refractivity contribution is 7.91. The van der Waals surface area contributed by atoms with Gasteiger partial charge in [-0.3, -0.25) is 4.79 Å². The highest BCUT2D eigenvalue weighted by atomic mass is 32.2. The zero-order chi connectivity index (χ0) is 17.0. The molecule has 1 heterocycles. The number of hydrogen-bond acceptors (Lipinski definition) is 6. The summed E-state index contributed by atoms with van der Waals surface area (Å²) in [7, 11) is 1.49. The minimum Gasteiger partial charge on any atom is -0.496 e. The van der Waals surface area contributed by atoms with E-state index in [0.29, 0.717) is 29.2 Å². The molecule has 7 nitrogen and oxygen atoms in total. The van der Waals surface area contributed by atoms with Gasteiger partial charge in [-0.15, -0.1) is 0 Å². The molecule has 1 fully saturated rings. The van der Waals surface area contributed by atoms with Crippen molar-refractivity contribution in [1.29, 1.82) is 0 Å². The Balaban J connectivity index is 2.12. The van der Waals surface area contributed by atoms with Crippen molar-refractivity contribution in [3.05, 3.63) is 17.7 Å². The van der Waals surface area contributed by atoms with Crippen LogP contribution in [0.2, 0.25) is 0 Å². The first-order chi connectivity index (χ1) is 10.9. The van der Waals surface area contributed by atoms with Crippen molar-refractivity contribution in [3.8, 4) is 17.2 Å². The Morgan fingerprint density at radius 2 is 1.78 bits per heavy atom. The standard InChI is InChI=1S/C15H21NO6S/c1-20-11-6-13(21-2)12(14(7-11)22-3)8-16-15(17)10-4-5-23(18,19)9-10/h6-7,10H,4-5,8-9H2,1-3H3,(H,16,17)/t10-/m0/s1. The van der Waals surface area contributed by atoms with Crippen LogP contribution < -0.4 is 19.5 Å². The van der Waals surface area contributed by atoms with Crippen molar-refractivity contribution in [2.24, 2.45) is 5.92 Å². The molecular weight excluding hydrogens is 322 g/mol. The number of ether oxygens (including phenoxy) is 3. The molecule has 1 aromatic carbocycles. The van der Waals surface area contributed by atoms with Crippen LogP contribution >= 0.6 is 0 Å². The first-order valence-electron chi connectivity index (χ1n) is 7.17. The lowest BCUT2D eigenvalue weighted by atomic mass is 10.1. The summed E-state index contributed by atoms with van der Waals surface area (Å²) >= 11 is 0. The fraction of sp³-hybridized carbons (Fsp3) is 0.533. The van der Waals surface area contributed by atoms with E-state index in [1.807, 2.05) is 0 Å². The molecule has 128 valence electrons. The van der Waals surface area contributed by atoms with Crippen LogP contribution in [0.25, 0.3) is 0 Å². The lowest BCUT2D eigenvalue weighted by molar-refractivity contribution is -0.124. The molecule has 0 unspecified atom stereocenters. The van der Waals surface area contributed by atoms with Crippen LogP contribution in [-0.4, -0.2) is 47.2 Å². The lowest BCUT2D eigenvalue weighted by Gasteiger charge is -2.16. The maximum absolute atomic E-state index is 12.1. The van der Waals surface area contributed by atoms with Gasteiger partial charge in [0, 0.05) is 12.1 Å². The number of nitrogens with one attached hydrogen (secondary N) is 1. The third-order valence-electron chi connectivity index (χ3n) is 3.86. The number of amides is 1. The molecule has 1 aliphatic heterocycles. The molecule has 23 heavy (non-hydrogen) atoms. The Bertz CT molecular complexity index is 660. The van der Waals surface area contributed by atoms with E-state index in [2.05, 4.69) is 5.32 Å². The van der Waals surface area contributed by atoms with Crippen LogP contribution in [-0.2, 0) is 21.2 Å². The molecule has 0 aliphatic carbocycles. The highest BCUT2D eigenvalue weighted by Gasteiger charge is 2.33. The summed E-state index contributed by atoms with van der Waals surface area (Å²) < 4.78 is 38.7. The monoisotopic (exact) mass is 343 g/mol. The second-order valence-electron chi connectivity index (χ2n) is 5.33. The van der Waals surface area contributed by atoms with Crippen molar-refractivity contribution in [3.63, 3.8) is 0 Å². The van der Waals surface area contributed by atoms with Gasteiger partial charge < -0.3 is 19.5 Å². The molecule has 0 radical (unpaired) electrons. The molecule has 1 N–H and O–H groups in total. The van der Waals surface area contributed by atoms with E-state index in [9.17, 15) is 13.2 Å². The molecule has 1 atom stereocenters. The Kier molecular flexibility index (Phi) is 5.35. The van der Waals surface area contributed by atoms with Gasteiger partial charge in [-0.2, -0.15) is 0 Å². The van der Waals surface area contributed by atoms with Crippen molar-refractivity contribution < 1.29 is 27.4 Å². The van der Waals surface area contributed by atoms with Crippen LogP contribution in [0.4, 0.5) is 0 Å². The van der Waals surface area contributed by atoms with Gasteiger partial charge >= 0.3 is 0 Å². The first kappa shape index (κ1) is 17.4. The van der Waals surface area contributed by atoms with Crippen molar-refractivity contribution in [2.75, 3.05) is 32.8 Å². The number of carbonyl (C=O) groups is 1. The summed E-state index contributed by atoms with van der Waals surface area (Å²) in [4.78, 5) is 12.1. The Labute approximate surface area is 135 Å². The number of methoxy groups -OCH3 is 3. The normalized spacial score (nSPS) is 19.2. The lowest BCUT2D eigenvalue weighted by Crippen LogP contribution is -2.31. The van der Waals surface area contributed by atoms with Gasteiger partial charge in [0.1, 0.15) is 17.2 Å². The van der Waals surface area contributed by atoms with Gasteiger partial charge in [-0.1, -0.05) is 0 Å². The van der Waals surface area contributed by atoms with Gasteiger partial charge in [-0.25, -0.2) is 8.42 Å². The second kappa shape index (κ2) is 7.08.